The maximum absolute atomic E-state index is 8.48. The topological polar surface area (TPSA) is 0 Å². The second kappa shape index (κ2) is 2.24. The summed E-state index contributed by atoms with van der Waals surface area (Å²) >= 11 is 0. The molecule has 0 aromatic heterocycles. The van der Waals surface area contributed by atoms with Gasteiger partial charge in [0.15, 0.2) is 0 Å². The number of hydrogen-bond acceptors (Lipinski definition) is 0. The molecule has 2 saturated carbocycles. The van der Waals surface area contributed by atoms with E-state index in [1.807, 2.05) is 0 Å². The quantitative estimate of drug-likeness (QED) is 0.511. The van der Waals surface area contributed by atoms with Crippen molar-refractivity contribution in [3.8, 4) is 0 Å². The zero-order valence-corrected chi connectivity index (χ0v) is 7.08. The molecule has 0 aromatic carbocycles. The fraction of sp³-hybridized carbons (Fsp3) is 1.00. The number of rotatable bonds is 0. The Morgan fingerprint density at radius 2 is 2.00 bits per heavy atom. The van der Waals surface area contributed by atoms with Crippen LogP contribution in [0.5, 0.6) is 0 Å². The molecule has 64 valence electrons. The van der Waals surface area contributed by atoms with E-state index >= 15 is 0 Å². The third-order valence-electron chi connectivity index (χ3n) is 2.03. The standard InChI is InChI=1S/C11H20/c1-11(2,3)10-7-8-4-5-9(10)6-8/h8-10H,4-7H2,1-3H3/t8-,9+,10?/m1/s1/i4D2,5D2,6D2,7D2,8D,9D. The Labute approximate surface area is 84.4 Å². The molecule has 0 heterocycles. The molecule has 11 heavy (non-hydrogen) atoms. The summed E-state index contributed by atoms with van der Waals surface area (Å²) in [6.45, 7) is 4.70. The van der Waals surface area contributed by atoms with Gasteiger partial charge in [0.05, 0.1) is 0 Å². The zero-order chi connectivity index (χ0) is 17.1. The number of hydrogen-bond donors (Lipinski definition) is 0. The SMILES string of the molecule is [2H]C1([2H])C([2H])([2H])[C@@]2([2H])C([2H])([2H])C(C(C)(C)C)[C@]1([2H])C2([2H])[2H]. The molecular weight excluding hydrogens is 132 g/mol. The van der Waals surface area contributed by atoms with E-state index in [0.717, 1.165) is 0 Å². The second-order valence-corrected chi connectivity index (χ2v) is 4.11. The minimum absolute atomic E-state index is 0.995. The Morgan fingerprint density at radius 1 is 1.27 bits per heavy atom. The maximum Gasteiger partial charge on any atom is 0.0306 e. The van der Waals surface area contributed by atoms with E-state index in [-0.39, 0.29) is 0 Å². The molecule has 0 aliphatic heterocycles. The van der Waals surface area contributed by atoms with Crippen LogP contribution in [0.3, 0.4) is 0 Å². The molecule has 0 nitrogen and oxygen atoms in total. The van der Waals surface area contributed by atoms with Gasteiger partial charge in [-0.15, -0.1) is 0 Å². The predicted octanol–water partition coefficient (Wildman–Crippen LogP) is 3.47. The Hall–Kier alpha value is 0. The minimum Gasteiger partial charge on any atom is -0.0599 e. The van der Waals surface area contributed by atoms with Crippen molar-refractivity contribution in [2.24, 2.45) is 23.1 Å². The molecule has 2 rings (SSSR count). The summed E-state index contributed by atoms with van der Waals surface area (Å²) in [6, 6.07) is 0. The van der Waals surface area contributed by atoms with Gasteiger partial charge in [-0.3, -0.25) is 0 Å². The van der Waals surface area contributed by atoms with E-state index < -0.39 is 48.6 Å². The first kappa shape index (κ1) is 2.27. The Bertz CT molecular complexity index is 490. The van der Waals surface area contributed by atoms with Gasteiger partial charge in [-0.05, 0) is 42.2 Å². The molecule has 0 radical (unpaired) electrons. The molecule has 3 atom stereocenters. The Kier molecular flexibility index (Phi) is 0.464. The molecule has 0 amide bonds. The summed E-state index contributed by atoms with van der Waals surface area (Å²) in [6.07, 6.45) is -11.7. The Morgan fingerprint density at radius 3 is 2.55 bits per heavy atom. The van der Waals surface area contributed by atoms with Gasteiger partial charge in [0, 0.05) is 13.7 Å². The van der Waals surface area contributed by atoms with Crippen molar-refractivity contribution in [1.29, 1.82) is 0 Å². The third-order valence-corrected chi connectivity index (χ3v) is 2.03. The van der Waals surface area contributed by atoms with Crippen LogP contribution in [0.4, 0.5) is 0 Å². The highest BCUT2D eigenvalue weighted by Gasteiger charge is 2.44. The van der Waals surface area contributed by atoms with Gasteiger partial charge in [-0.25, -0.2) is 0 Å². The van der Waals surface area contributed by atoms with Gasteiger partial charge in [-0.2, -0.15) is 0 Å². The van der Waals surface area contributed by atoms with Crippen molar-refractivity contribution in [3.05, 3.63) is 0 Å². The van der Waals surface area contributed by atoms with Crippen molar-refractivity contribution >= 4 is 0 Å². The van der Waals surface area contributed by atoms with E-state index in [2.05, 4.69) is 0 Å². The highest BCUT2D eigenvalue weighted by Crippen LogP contribution is 2.54. The van der Waals surface area contributed by atoms with Gasteiger partial charge in [0.25, 0.3) is 0 Å². The normalized spacial score (nSPS) is 88.5. The van der Waals surface area contributed by atoms with E-state index in [4.69, 9.17) is 13.7 Å². The fourth-order valence-electron chi connectivity index (χ4n) is 1.41. The van der Waals surface area contributed by atoms with Gasteiger partial charge in [0.2, 0.25) is 0 Å². The Balaban J connectivity index is 2.95. The van der Waals surface area contributed by atoms with Crippen LogP contribution in [0.2, 0.25) is 0 Å². The summed E-state index contributed by atoms with van der Waals surface area (Å²) in [5.74, 6) is -7.13. The van der Waals surface area contributed by atoms with Crippen LogP contribution >= 0.6 is 0 Å². The summed E-state index contributed by atoms with van der Waals surface area (Å²) in [7, 11) is 0. The molecule has 2 fully saturated rings. The third kappa shape index (κ3) is 1.21. The average Bonchev–Trinajstić information content (AvgIpc) is 2.34. The fourth-order valence-corrected chi connectivity index (χ4v) is 1.41. The summed E-state index contributed by atoms with van der Waals surface area (Å²) in [5.41, 5.74) is -0.995. The van der Waals surface area contributed by atoms with Crippen molar-refractivity contribution in [2.75, 3.05) is 0 Å². The minimum atomic E-state index is -3.11. The van der Waals surface area contributed by atoms with Crippen LogP contribution in [0.1, 0.15) is 60.0 Å². The highest BCUT2D eigenvalue weighted by molar-refractivity contribution is 4.94. The van der Waals surface area contributed by atoms with Gasteiger partial charge in [-0.1, -0.05) is 27.1 Å². The van der Waals surface area contributed by atoms with Crippen molar-refractivity contribution in [3.63, 3.8) is 0 Å². The molecule has 2 aliphatic rings. The lowest BCUT2D eigenvalue weighted by atomic mass is 9.72. The molecule has 0 N–H and O–H groups in total. The highest BCUT2D eigenvalue weighted by atomic mass is 14.5. The largest absolute Gasteiger partial charge is 0.0599 e. The van der Waals surface area contributed by atoms with Crippen LogP contribution in [0, 0.1) is 23.1 Å². The maximum atomic E-state index is 8.48. The van der Waals surface area contributed by atoms with Gasteiger partial charge >= 0.3 is 0 Å². The smallest absolute Gasteiger partial charge is 0.0306 e. The van der Waals surface area contributed by atoms with Crippen LogP contribution in [-0.2, 0) is 0 Å². The van der Waals surface area contributed by atoms with E-state index in [9.17, 15) is 0 Å². The number of fused-ring (bicyclic) bond motifs is 2. The monoisotopic (exact) mass is 162 g/mol. The molecule has 2 bridgehead atoms. The van der Waals surface area contributed by atoms with Crippen molar-refractivity contribution in [1.82, 2.24) is 0 Å². The lowest BCUT2D eigenvalue weighted by molar-refractivity contribution is 0.161. The molecule has 0 heteroatoms. The lowest BCUT2D eigenvalue weighted by Crippen LogP contribution is -2.25. The van der Waals surface area contributed by atoms with Crippen LogP contribution in [-0.4, -0.2) is 0 Å². The first-order chi connectivity index (χ1) is 8.87. The van der Waals surface area contributed by atoms with Crippen LogP contribution < -0.4 is 0 Å². The van der Waals surface area contributed by atoms with E-state index in [1.54, 1.807) is 20.8 Å². The molecule has 0 aromatic rings. The summed E-state index contributed by atoms with van der Waals surface area (Å²) < 4.78 is 81.2. The summed E-state index contributed by atoms with van der Waals surface area (Å²) in [4.78, 5) is 0. The molecule has 2 aliphatic carbocycles. The van der Waals surface area contributed by atoms with Crippen molar-refractivity contribution in [2.45, 2.75) is 46.3 Å². The summed E-state index contributed by atoms with van der Waals surface area (Å²) in [5, 5.41) is 0. The van der Waals surface area contributed by atoms with Crippen molar-refractivity contribution < 1.29 is 13.7 Å². The van der Waals surface area contributed by atoms with Gasteiger partial charge in [0.1, 0.15) is 0 Å². The first-order valence-electron chi connectivity index (χ1n) is 8.87. The molecule has 0 spiro atoms. The van der Waals surface area contributed by atoms with E-state index in [1.165, 1.54) is 0 Å². The average molecular weight is 162 g/mol. The molecular formula is C11H20. The van der Waals surface area contributed by atoms with Gasteiger partial charge < -0.3 is 0 Å². The van der Waals surface area contributed by atoms with E-state index in [0.29, 0.717) is 0 Å². The zero-order valence-electron chi connectivity index (χ0n) is 17.1. The van der Waals surface area contributed by atoms with Crippen LogP contribution in [0.15, 0.2) is 0 Å². The molecule has 1 unspecified atom stereocenters. The first-order valence-corrected chi connectivity index (χ1v) is 3.87. The second-order valence-electron chi connectivity index (χ2n) is 4.11. The predicted molar refractivity (Wildman–Crippen MR) is 48.4 cm³/mol. The molecule has 0 saturated heterocycles. The lowest BCUT2D eigenvalue weighted by Gasteiger charge is -2.34. The van der Waals surface area contributed by atoms with Crippen LogP contribution in [0.25, 0.3) is 0 Å².